The highest BCUT2D eigenvalue weighted by Crippen LogP contribution is 2.45. The third-order valence-corrected chi connectivity index (χ3v) is 6.76. The highest BCUT2D eigenvalue weighted by Gasteiger charge is 2.42. The molecule has 2 aliphatic rings. The molecule has 0 unspecified atom stereocenters. The van der Waals surface area contributed by atoms with Gasteiger partial charge in [-0.25, -0.2) is 4.98 Å². The number of amides is 1. The molecule has 0 aromatic carbocycles. The summed E-state index contributed by atoms with van der Waals surface area (Å²) >= 11 is 1.62. The molecule has 0 atom stereocenters. The average molecular weight is 375 g/mol. The Morgan fingerprint density at radius 2 is 2.27 bits per heavy atom. The molecule has 8 heteroatoms. The van der Waals surface area contributed by atoms with Gasteiger partial charge in [-0.05, 0) is 37.4 Å². The Hall–Kier alpha value is -1.77. The first-order valence-electron chi connectivity index (χ1n) is 9.30. The number of thiophene rings is 1. The van der Waals surface area contributed by atoms with Crippen LogP contribution < -0.4 is 5.32 Å². The van der Waals surface area contributed by atoms with Crippen LogP contribution in [0.1, 0.15) is 39.9 Å². The van der Waals surface area contributed by atoms with Gasteiger partial charge in [0, 0.05) is 24.5 Å². The maximum Gasteiger partial charge on any atom is 0.261 e. The Labute approximate surface area is 157 Å². The highest BCUT2D eigenvalue weighted by atomic mass is 32.1. The van der Waals surface area contributed by atoms with E-state index >= 15 is 0 Å². The molecule has 26 heavy (non-hydrogen) atoms. The lowest BCUT2D eigenvalue weighted by Gasteiger charge is -2.43. The van der Waals surface area contributed by atoms with Crippen molar-refractivity contribution in [2.24, 2.45) is 0 Å². The summed E-state index contributed by atoms with van der Waals surface area (Å²) in [4.78, 5) is 21.0. The van der Waals surface area contributed by atoms with Gasteiger partial charge in [0.1, 0.15) is 18.3 Å². The first-order chi connectivity index (χ1) is 12.7. The minimum absolute atomic E-state index is 0.00865. The van der Waals surface area contributed by atoms with Crippen LogP contribution in [-0.4, -0.2) is 58.4 Å². The second-order valence-corrected chi connectivity index (χ2v) is 7.96. The van der Waals surface area contributed by atoms with Crippen molar-refractivity contribution in [3.05, 3.63) is 34.0 Å². The average Bonchev–Trinajstić information content (AvgIpc) is 3.33. The Kier molecular flexibility index (Phi) is 5.06. The predicted molar refractivity (Wildman–Crippen MR) is 99.4 cm³/mol. The molecule has 1 spiro atoms. The van der Waals surface area contributed by atoms with Gasteiger partial charge in [0.25, 0.3) is 5.91 Å². The van der Waals surface area contributed by atoms with Crippen molar-refractivity contribution in [1.82, 2.24) is 25.0 Å². The summed E-state index contributed by atoms with van der Waals surface area (Å²) in [5.41, 5.74) is 1.12. The molecule has 1 saturated heterocycles. The van der Waals surface area contributed by atoms with Crippen LogP contribution in [0.5, 0.6) is 0 Å². The van der Waals surface area contributed by atoms with E-state index in [9.17, 15) is 4.79 Å². The van der Waals surface area contributed by atoms with E-state index < -0.39 is 0 Å². The summed E-state index contributed by atoms with van der Waals surface area (Å²) < 4.78 is 7.99. The van der Waals surface area contributed by atoms with E-state index in [4.69, 9.17) is 4.74 Å². The van der Waals surface area contributed by atoms with Gasteiger partial charge in [0.05, 0.1) is 18.0 Å². The molecule has 1 N–H and O–H groups in total. The first kappa shape index (κ1) is 17.6. The lowest BCUT2D eigenvalue weighted by atomic mass is 9.85. The SMILES string of the molecule is CCN1CCC2(CC1)OCCc1cc(C(=O)NCCn3cncn3)sc12. The Morgan fingerprint density at radius 1 is 1.42 bits per heavy atom. The zero-order valence-corrected chi connectivity index (χ0v) is 15.9. The van der Waals surface area contributed by atoms with Crippen LogP contribution in [0.2, 0.25) is 0 Å². The number of nitrogens with zero attached hydrogens (tertiary/aromatic N) is 4. The van der Waals surface area contributed by atoms with Crippen molar-refractivity contribution < 1.29 is 9.53 Å². The third-order valence-electron chi connectivity index (χ3n) is 5.40. The maximum absolute atomic E-state index is 12.6. The number of fused-ring (bicyclic) bond motifs is 2. The molecular formula is C18H25N5O2S. The van der Waals surface area contributed by atoms with E-state index in [1.165, 1.54) is 16.8 Å². The second kappa shape index (κ2) is 7.46. The first-order valence-corrected chi connectivity index (χ1v) is 10.1. The minimum atomic E-state index is -0.177. The van der Waals surface area contributed by atoms with Crippen LogP contribution in [0, 0.1) is 0 Å². The van der Waals surface area contributed by atoms with Crippen LogP contribution in [0.4, 0.5) is 0 Å². The smallest absolute Gasteiger partial charge is 0.261 e. The van der Waals surface area contributed by atoms with Crippen LogP contribution >= 0.6 is 11.3 Å². The zero-order valence-electron chi connectivity index (χ0n) is 15.1. The molecule has 4 rings (SSSR count). The van der Waals surface area contributed by atoms with Gasteiger partial charge in [0.15, 0.2) is 0 Å². The minimum Gasteiger partial charge on any atom is -0.369 e. The van der Waals surface area contributed by atoms with E-state index in [0.29, 0.717) is 13.1 Å². The predicted octanol–water partition coefficient (Wildman–Crippen LogP) is 1.65. The Morgan fingerprint density at radius 3 is 3.00 bits per heavy atom. The molecule has 2 aromatic heterocycles. The highest BCUT2D eigenvalue weighted by molar-refractivity contribution is 7.14. The van der Waals surface area contributed by atoms with E-state index in [-0.39, 0.29) is 11.5 Å². The number of aromatic nitrogens is 3. The van der Waals surface area contributed by atoms with Gasteiger partial charge in [-0.2, -0.15) is 5.10 Å². The fraction of sp³-hybridized carbons (Fsp3) is 0.611. The summed E-state index contributed by atoms with van der Waals surface area (Å²) in [6.45, 7) is 7.34. The van der Waals surface area contributed by atoms with Gasteiger partial charge in [-0.3, -0.25) is 9.48 Å². The van der Waals surface area contributed by atoms with Gasteiger partial charge in [-0.15, -0.1) is 11.3 Å². The Balaban J connectivity index is 1.44. The van der Waals surface area contributed by atoms with Gasteiger partial charge >= 0.3 is 0 Å². The molecule has 1 fully saturated rings. The third kappa shape index (κ3) is 3.41. The van der Waals surface area contributed by atoms with Gasteiger partial charge < -0.3 is 15.0 Å². The van der Waals surface area contributed by atoms with Crippen LogP contribution in [0.25, 0.3) is 0 Å². The number of carbonyl (C=O) groups is 1. The number of nitrogens with one attached hydrogen (secondary N) is 1. The molecule has 2 aliphatic heterocycles. The normalized spacial score (nSPS) is 19.4. The summed E-state index contributed by atoms with van der Waals surface area (Å²) in [5, 5.41) is 7.03. The molecular weight excluding hydrogens is 350 g/mol. The molecule has 1 amide bonds. The summed E-state index contributed by atoms with van der Waals surface area (Å²) in [6.07, 6.45) is 6.08. The van der Waals surface area contributed by atoms with E-state index in [0.717, 1.165) is 50.4 Å². The van der Waals surface area contributed by atoms with Crippen molar-refractivity contribution in [2.75, 3.05) is 32.8 Å². The van der Waals surface area contributed by atoms with Crippen molar-refractivity contribution in [2.45, 2.75) is 38.3 Å². The summed E-state index contributed by atoms with van der Waals surface area (Å²) in [7, 11) is 0. The van der Waals surface area contributed by atoms with E-state index in [1.54, 1.807) is 22.3 Å². The quantitative estimate of drug-likeness (QED) is 0.860. The van der Waals surface area contributed by atoms with Gasteiger partial charge in [-0.1, -0.05) is 6.92 Å². The van der Waals surface area contributed by atoms with Crippen LogP contribution in [-0.2, 0) is 23.3 Å². The largest absolute Gasteiger partial charge is 0.369 e. The fourth-order valence-corrected chi connectivity index (χ4v) is 5.18. The lowest BCUT2D eigenvalue weighted by Crippen LogP contribution is -2.45. The maximum atomic E-state index is 12.6. The van der Waals surface area contributed by atoms with Gasteiger partial charge in [0.2, 0.25) is 0 Å². The Bertz CT molecular complexity index is 750. The van der Waals surface area contributed by atoms with Crippen LogP contribution in [0.3, 0.4) is 0 Å². The number of carbonyl (C=O) groups excluding carboxylic acids is 1. The van der Waals surface area contributed by atoms with Crippen molar-refractivity contribution in [3.63, 3.8) is 0 Å². The fourth-order valence-electron chi connectivity index (χ4n) is 3.86. The van der Waals surface area contributed by atoms with E-state index in [1.807, 2.05) is 0 Å². The summed E-state index contributed by atoms with van der Waals surface area (Å²) in [6, 6.07) is 2.07. The molecule has 2 aromatic rings. The summed E-state index contributed by atoms with van der Waals surface area (Å²) in [5.74, 6) is -0.00865. The molecule has 140 valence electrons. The number of rotatable bonds is 5. The van der Waals surface area contributed by atoms with Crippen molar-refractivity contribution >= 4 is 17.2 Å². The number of hydrogen-bond donors (Lipinski definition) is 1. The standard InChI is InChI=1S/C18H25N5O2S/c1-2-22-7-4-18(5-8-22)16-14(3-10-25-18)11-15(26-16)17(24)20-6-9-23-13-19-12-21-23/h11-13H,2-10H2,1H3,(H,20,24). The zero-order chi connectivity index (χ0) is 18.0. The molecule has 0 saturated carbocycles. The molecule has 0 radical (unpaired) electrons. The number of hydrogen-bond acceptors (Lipinski definition) is 6. The number of likely N-dealkylation sites (tertiary alicyclic amines) is 1. The van der Waals surface area contributed by atoms with Crippen molar-refractivity contribution in [3.8, 4) is 0 Å². The topological polar surface area (TPSA) is 72.3 Å². The van der Waals surface area contributed by atoms with Crippen molar-refractivity contribution in [1.29, 1.82) is 0 Å². The molecule has 4 heterocycles. The molecule has 0 bridgehead atoms. The number of piperidine rings is 1. The monoisotopic (exact) mass is 375 g/mol. The number of ether oxygens (including phenoxy) is 1. The molecule has 0 aliphatic carbocycles. The van der Waals surface area contributed by atoms with E-state index in [2.05, 4.69) is 33.3 Å². The second-order valence-electron chi connectivity index (χ2n) is 6.91. The lowest BCUT2D eigenvalue weighted by molar-refractivity contribution is -0.0944. The van der Waals surface area contributed by atoms with Crippen LogP contribution in [0.15, 0.2) is 18.7 Å². The molecule has 7 nitrogen and oxygen atoms in total.